The first kappa shape index (κ1) is 12.8. The Hall–Kier alpha value is -0.670. The van der Waals surface area contributed by atoms with Gasteiger partial charge in [-0.1, -0.05) is 42.4 Å². The summed E-state index contributed by atoms with van der Waals surface area (Å²) in [5.41, 5.74) is 1.04. The van der Waals surface area contributed by atoms with Gasteiger partial charge in [0.05, 0.1) is 5.88 Å². The van der Waals surface area contributed by atoms with Crippen molar-refractivity contribution in [3.63, 3.8) is 0 Å². The molecule has 2 nitrogen and oxygen atoms in total. The van der Waals surface area contributed by atoms with Crippen molar-refractivity contribution in [1.29, 1.82) is 0 Å². The highest BCUT2D eigenvalue weighted by Crippen LogP contribution is 2.33. The minimum atomic E-state index is -0.263. The quantitative estimate of drug-likeness (QED) is 0.770. The predicted octanol–water partition coefficient (Wildman–Crippen LogP) is 4.04. The summed E-state index contributed by atoms with van der Waals surface area (Å²) in [6.07, 6.45) is 1.74. The standard InChI is InChI=1S/C13H16ClNOS/c1-2-13(10-14)8-12(15-16-13)17-9-11-6-4-3-5-7-11/h3-7H,2,8-10H2,1H3. The number of benzene rings is 1. The molecule has 0 spiro atoms. The summed E-state index contributed by atoms with van der Waals surface area (Å²) in [5.74, 6) is 1.44. The van der Waals surface area contributed by atoms with Crippen molar-refractivity contribution in [1.82, 2.24) is 0 Å². The van der Waals surface area contributed by atoms with Gasteiger partial charge in [0.2, 0.25) is 0 Å². The van der Waals surface area contributed by atoms with E-state index in [0.717, 1.165) is 23.6 Å². The van der Waals surface area contributed by atoms with Crippen molar-refractivity contribution in [3.8, 4) is 0 Å². The smallest absolute Gasteiger partial charge is 0.157 e. The summed E-state index contributed by atoms with van der Waals surface area (Å²) in [5, 5.41) is 5.19. The second-order valence-corrected chi connectivity index (χ2v) is 5.51. The van der Waals surface area contributed by atoms with Crippen LogP contribution in [0.1, 0.15) is 25.3 Å². The summed E-state index contributed by atoms with van der Waals surface area (Å²) in [6.45, 7) is 2.09. The van der Waals surface area contributed by atoms with Crippen LogP contribution in [0.2, 0.25) is 0 Å². The Kier molecular flexibility index (Phi) is 4.35. The number of oxime groups is 1. The van der Waals surface area contributed by atoms with Crippen LogP contribution in [0.25, 0.3) is 0 Å². The second-order valence-electron chi connectivity index (χ2n) is 4.20. The van der Waals surface area contributed by atoms with E-state index in [-0.39, 0.29) is 5.60 Å². The minimum absolute atomic E-state index is 0.263. The van der Waals surface area contributed by atoms with E-state index in [0.29, 0.717) is 5.88 Å². The lowest BCUT2D eigenvalue weighted by Crippen LogP contribution is -2.29. The van der Waals surface area contributed by atoms with Gasteiger partial charge in [0.1, 0.15) is 5.04 Å². The largest absolute Gasteiger partial charge is 0.387 e. The molecule has 0 saturated heterocycles. The zero-order valence-electron chi connectivity index (χ0n) is 9.86. The first-order valence-corrected chi connectivity index (χ1v) is 7.28. The van der Waals surface area contributed by atoms with E-state index in [2.05, 4.69) is 36.3 Å². The Bertz CT molecular complexity index is 390. The average Bonchev–Trinajstić information content (AvgIpc) is 2.82. The van der Waals surface area contributed by atoms with E-state index in [1.54, 1.807) is 11.8 Å². The van der Waals surface area contributed by atoms with Gasteiger partial charge in [0.15, 0.2) is 5.60 Å². The SMILES string of the molecule is CCC1(CCl)CC(SCc2ccccc2)=NO1. The molecule has 1 aliphatic heterocycles. The third-order valence-corrected chi connectivity index (χ3v) is 4.47. The Labute approximate surface area is 111 Å². The van der Waals surface area contributed by atoms with Crippen LogP contribution in [-0.4, -0.2) is 16.5 Å². The highest BCUT2D eigenvalue weighted by atomic mass is 35.5. The van der Waals surface area contributed by atoms with E-state index in [1.165, 1.54) is 5.56 Å². The van der Waals surface area contributed by atoms with Gasteiger partial charge in [-0.3, -0.25) is 0 Å². The zero-order valence-corrected chi connectivity index (χ0v) is 11.4. The number of hydrogen-bond acceptors (Lipinski definition) is 3. The minimum Gasteiger partial charge on any atom is -0.387 e. The fourth-order valence-corrected chi connectivity index (χ4v) is 2.97. The van der Waals surface area contributed by atoms with Crippen molar-refractivity contribution in [3.05, 3.63) is 35.9 Å². The topological polar surface area (TPSA) is 21.6 Å². The van der Waals surface area contributed by atoms with Crippen LogP contribution in [0.3, 0.4) is 0 Å². The van der Waals surface area contributed by atoms with Crippen LogP contribution in [0.4, 0.5) is 0 Å². The zero-order chi connectivity index (χ0) is 12.1. The number of hydrogen-bond donors (Lipinski definition) is 0. The summed E-state index contributed by atoms with van der Waals surface area (Å²) in [6, 6.07) is 10.4. The molecule has 92 valence electrons. The molecule has 0 amide bonds. The van der Waals surface area contributed by atoms with Gasteiger partial charge in [-0.25, -0.2) is 0 Å². The third-order valence-electron chi connectivity index (χ3n) is 2.95. The highest BCUT2D eigenvalue weighted by Gasteiger charge is 2.36. The Morgan fingerprint density at radius 1 is 1.41 bits per heavy atom. The predicted molar refractivity (Wildman–Crippen MR) is 74.6 cm³/mol. The number of thioether (sulfide) groups is 1. The summed E-state index contributed by atoms with van der Waals surface area (Å²) in [4.78, 5) is 5.48. The van der Waals surface area contributed by atoms with Crippen molar-refractivity contribution >= 4 is 28.4 Å². The number of alkyl halides is 1. The maximum Gasteiger partial charge on any atom is 0.157 e. The first-order valence-electron chi connectivity index (χ1n) is 5.76. The lowest BCUT2D eigenvalue weighted by molar-refractivity contribution is -0.00310. The molecular formula is C13H16ClNOS. The molecule has 1 aromatic carbocycles. The number of halogens is 1. The van der Waals surface area contributed by atoms with Crippen LogP contribution in [0.5, 0.6) is 0 Å². The molecule has 0 N–H and O–H groups in total. The van der Waals surface area contributed by atoms with Crippen molar-refractivity contribution in [2.75, 3.05) is 5.88 Å². The molecule has 0 aromatic heterocycles. The van der Waals surface area contributed by atoms with Gasteiger partial charge in [0.25, 0.3) is 0 Å². The molecule has 0 aliphatic carbocycles. The fraction of sp³-hybridized carbons (Fsp3) is 0.462. The molecule has 1 heterocycles. The van der Waals surface area contributed by atoms with Crippen molar-refractivity contribution in [2.24, 2.45) is 5.16 Å². The van der Waals surface area contributed by atoms with E-state index in [9.17, 15) is 0 Å². The molecule has 0 saturated carbocycles. The van der Waals surface area contributed by atoms with Gasteiger partial charge in [-0.15, -0.1) is 23.4 Å². The van der Waals surface area contributed by atoms with E-state index in [1.807, 2.05) is 6.07 Å². The van der Waals surface area contributed by atoms with E-state index < -0.39 is 0 Å². The Morgan fingerprint density at radius 2 is 2.18 bits per heavy atom. The van der Waals surface area contributed by atoms with Gasteiger partial charge >= 0.3 is 0 Å². The summed E-state index contributed by atoms with van der Waals surface area (Å²) < 4.78 is 0. The van der Waals surface area contributed by atoms with E-state index >= 15 is 0 Å². The van der Waals surface area contributed by atoms with Crippen LogP contribution in [-0.2, 0) is 10.6 Å². The second kappa shape index (κ2) is 5.78. The Morgan fingerprint density at radius 3 is 2.76 bits per heavy atom. The highest BCUT2D eigenvalue weighted by molar-refractivity contribution is 8.13. The summed E-state index contributed by atoms with van der Waals surface area (Å²) in [7, 11) is 0. The Balaban J connectivity index is 1.86. The van der Waals surface area contributed by atoms with Gasteiger partial charge in [0, 0.05) is 12.2 Å². The molecule has 17 heavy (non-hydrogen) atoms. The van der Waals surface area contributed by atoms with Crippen LogP contribution in [0.15, 0.2) is 35.5 Å². The molecule has 0 bridgehead atoms. The molecule has 1 atom stereocenters. The molecule has 0 radical (unpaired) electrons. The van der Waals surface area contributed by atoms with Gasteiger partial charge in [-0.05, 0) is 12.0 Å². The van der Waals surface area contributed by atoms with Crippen LogP contribution >= 0.6 is 23.4 Å². The molecular weight excluding hydrogens is 254 g/mol. The molecule has 0 fully saturated rings. The maximum absolute atomic E-state index is 5.94. The first-order chi connectivity index (χ1) is 8.28. The van der Waals surface area contributed by atoms with Crippen LogP contribution < -0.4 is 0 Å². The lowest BCUT2D eigenvalue weighted by Gasteiger charge is -2.21. The average molecular weight is 270 g/mol. The third kappa shape index (κ3) is 3.17. The van der Waals surface area contributed by atoms with Crippen molar-refractivity contribution in [2.45, 2.75) is 31.1 Å². The van der Waals surface area contributed by atoms with Crippen LogP contribution in [0, 0.1) is 0 Å². The molecule has 1 aromatic rings. The van der Waals surface area contributed by atoms with E-state index in [4.69, 9.17) is 16.4 Å². The number of nitrogens with zero attached hydrogens (tertiary/aromatic N) is 1. The number of rotatable bonds is 4. The molecule has 1 unspecified atom stereocenters. The lowest BCUT2D eigenvalue weighted by atomic mass is 10.0. The monoisotopic (exact) mass is 269 g/mol. The van der Waals surface area contributed by atoms with Gasteiger partial charge in [-0.2, -0.15) is 0 Å². The van der Waals surface area contributed by atoms with Crippen molar-refractivity contribution < 1.29 is 4.84 Å². The molecule has 1 aliphatic rings. The molecule has 2 rings (SSSR count). The summed E-state index contributed by atoms with van der Waals surface area (Å²) >= 11 is 7.68. The maximum atomic E-state index is 5.94. The van der Waals surface area contributed by atoms with Gasteiger partial charge < -0.3 is 4.84 Å². The normalized spacial score (nSPS) is 23.3. The fourth-order valence-electron chi connectivity index (χ4n) is 1.66. The molecule has 4 heteroatoms.